The molecule has 4 N–H and O–H groups in total. The number of hydrogen-bond donors (Lipinski definition) is 4. The number of H-pyrrole nitrogens is 2. The molecule has 0 amide bonds. The highest BCUT2D eigenvalue weighted by atomic mass is 32.2. The van der Waals surface area contributed by atoms with Crippen molar-refractivity contribution in [3.05, 3.63) is 40.3 Å². The lowest BCUT2D eigenvalue weighted by Gasteiger charge is -2.26. The summed E-state index contributed by atoms with van der Waals surface area (Å²) in [6, 6.07) is 4.43. The van der Waals surface area contributed by atoms with Crippen molar-refractivity contribution in [3.63, 3.8) is 0 Å². The molecular formula is C18H20N4O5S. The number of rotatable bonds is 5. The van der Waals surface area contributed by atoms with Crippen LogP contribution in [0.3, 0.4) is 0 Å². The van der Waals surface area contributed by atoms with E-state index in [1.165, 1.54) is 24.4 Å². The van der Waals surface area contributed by atoms with Gasteiger partial charge in [0, 0.05) is 35.6 Å². The zero-order chi connectivity index (χ0) is 19.9. The summed E-state index contributed by atoms with van der Waals surface area (Å²) in [6.07, 6.45) is 4.15. The monoisotopic (exact) mass is 404 g/mol. The Hall–Kier alpha value is -2.69. The van der Waals surface area contributed by atoms with Gasteiger partial charge in [-0.25, -0.2) is 13.4 Å². The number of nitrogens with zero attached hydrogens (tertiary/aromatic N) is 1. The summed E-state index contributed by atoms with van der Waals surface area (Å²) < 4.78 is 25.6. The molecule has 4 rings (SSSR count). The standard InChI is InChI=1S/C18H20N4O5S/c23-15(24)8-11-10-19-17-16(11)13-9-12(4-5-14(13)20-18(17)25)28(26,27)21-22-6-2-1-3-7-22/h4-5,9-10,19,21H,1-3,6-8H2,(H,20,25)(H,23,24). The maximum Gasteiger partial charge on any atom is 0.307 e. The molecular weight excluding hydrogens is 384 g/mol. The molecule has 0 aliphatic carbocycles. The maximum atomic E-state index is 12.8. The molecule has 0 atom stereocenters. The SMILES string of the molecule is O=C(O)Cc1c[nH]c2c(=O)[nH]c3ccc(S(=O)(=O)NN4CCCCC4)cc3c12. The second kappa shape index (κ2) is 7.04. The van der Waals surface area contributed by atoms with Crippen molar-refractivity contribution < 1.29 is 18.3 Å². The number of sulfonamides is 1. The molecule has 1 aromatic carbocycles. The topological polar surface area (TPSA) is 135 Å². The number of benzene rings is 1. The quantitative estimate of drug-likeness (QED) is 0.506. The van der Waals surface area contributed by atoms with Gasteiger partial charge in [0.25, 0.3) is 15.6 Å². The summed E-state index contributed by atoms with van der Waals surface area (Å²) in [5, 5.41) is 11.7. The average molecular weight is 404 g/mol. The lowest BCUT2D eigenvalue weighted by Crippen LogP contribution is -2.44. The van der Waals surface area contributed by atoms with E-state index < -0.39 is 16.0 Å². The predicted molar refractivity (Wildman–Crippen MR) is 104 cm³/mol. The molecule has 28 heavy (non-hydrogen) atoms. The van der Waals surface area contributed by atoms with Crippen molar-refractivity contribution in [2.45, 2.75) is 30.6 Å². The Morgan fingerprint density at radius 2 is 1.96 bits per heavy atom. The molecule has 148 valence electrons. The van der Waals surface area contributed by atoms with E-state index in [-0.39, 0.29) is 22.4 Å². The van der Waals surface area contributed by atoms with Crippen molar-refractivity contribution in [2.75, 3.05) is 13.1 Å². The van der Waals surface area contributed by atoms with Crippen LogP contribution in [0.15, 0.2) is 34.1 Å². The van der Waals surface area contributed by atoms with Gasteiger partial charge in [-0.2, -0.15) is 0 Å². The fourth-order valence-electron chi connectivity index (χ4n) is 3.65. The largest absolute Gasteiger partial charge is 0.481 e. The summed E-state index contributed by atoms with van der Waals surface area (Å²) in [6.45, 7) is 1.32. The molecule has 0 saturated carbocycles. The van der Waals surface area contributed by atoms with Gasteiger partial charge in [-0.05, 0) is 36.6 Å². The summed E-state index contributed by atoms with van der Waals surface area (Å²) in [4.78, 5) is 31.6. The van der Waals surface area contributed by atoms with Gasteiger partial charge in [-0.15, -0.1) is 4.83 Å². The number of pyridine rings is 1. The Morgan fingerprint density at radius 1 is 1.21 bits per heavy atom. The van der Waals surface area contributed by atoms with Crippen LogP contribution in [0.1, 0.15) is 24.8 Å². The predicted octanol–water partition coefficient (Wildman–Crippen LogP) is 1.32. The van der Waals surface area contributed by atoms with Crippen molar-refractivity contribution in [1.82, 2.24) is 19.8 Å². The first-order valence-electron chi connectivity index (χ1n) is 9.00. The first-order chi connectivity index (χ1) is 13.3. The van der Waals surface area contributed by atoms with Crippen molar-refractivity contribution in [3.8, 4) is 0 Å². The Balaban J connectivity index is 1.84. The molecule has 9 nitrogen and oxygen atoms in total. The zero-order valence-corrected chi connectivity index (χ0v) is 15.8. The third-order valence-corrected chi connectivity index (χ3v) is 6.33. The summed E-state index contributed by atoms with van der Waals surface area (Å²) in [5.41, 5.74) is 0.710. The summed E-state index contributed by atoms with van der Waals surface area (Å²) >= 11 is 0. The molecule has 1 aliphatic heterocycles. The average Bonchev–Trinajstić information content (AvgIpc) is 3.06. The first kappa shape index (κ1) is 18.7. The van der Waals surface area contributed by atoms with Crippen LogP contribution in [-0.2, 0) is 21.2 Å². The Kier molecular flexibility index (Phi) is 4.69. The van der Waals surface area contributed by atoms with Gasteiger partial charge in [-0.3, -0.25) is 9.59 Å². The highest BCUT2D eigenvalue weighted by Crippen LogP contribution is 2.27. The van der Waals surface area contributed by atoms with Gasteiger partial charge in [0.2, 0.25) is 0 Å². The minimum absolute atomic E-state index is 0.0568. The molecule has 0 unspecified atom stereocenters. The molecule has 10 heteroatoms. The molecule has 0 spiro atoms. The lowest BCUT2D eigenvalue weighted by molar-refractivity contribution is -0.136. The Bertz CT molecular complexity index is 1220. The second-order valence-electron chi connectivity index (χ2n) is 6.94. The minimum atomic E-state index is -3.79. The normalized spacial score (nSPS) is 16.0. The third kappa shape index (κ3) is 3.41. The van der Waals surface area contributed by atoms with Gasteiger partial charge in [0.05, 0.1) is 11.3 Å². The van der Waals surface area contributed by atoms with Gasteiger partial charge in [0.1, 0.15) is 5.52 Å². The van der Waals surface area contributed by atoms with E-state index in [9.17, 15) is 18.0 Å². The molecule has 1 aliphatic rings. The number of piperidine rings is 1. The third-order valence-electron chi connectivity index (χ3n) is 4.95. The van der Waals surface area contributed by atoms with E-state index in [4.69, 9.17) is 5.11 Å². The number of nitrogens with one attached hydrogen (secondary N) is 3. The van der Waals surface area contributed by atoms with Crippen molar-refractivity contribution in [2.24, 2.45) is 0 Å². The molecule has 2 aromatic heterocycles. The maximum absolute atomic E-state index is 12.8. The lowest BCUT2D eigenvalue weighted by atomic mass is 10.1. The number of carboxylic acid groups (broad SMARTS) is 1. The van der Waals surface area contributed by atoms with Gasteiger partial charge in [-0.1, -0.05) is 6.42 Å². The fraction of sp³-hybridized carbons (Fsp3) is 0.333. The smallest absolute Gasteiger partial charge is 0.307 e. The molecule has 1 saturated heterocycles. The van der Waals surface area contributed by atoms with Crippen LogP contribution in [0, 0.1) is 0 Å². The number of hydrazine groups is 1. The van der Waals surface area contributed by atoms with E-state index in [0.717, 1.165) is 19.3 Å². The van der Waals surface area contributed by atoms with E-state index in [0.29, 0.717) is 34.9 Å². The number of carboxylic acids is 1. The molecule has 0 bridgehead atoms. The highest BCUT2D eigenvalue weighted by molar-refractivity contribution is 7.89. The van der Waals surface area contributed by atoms with Crippen LogP contribution < -0.4 is 10.4 Å². The fourth-order valence-corrected chi connectivity index (χ4v) is 4.80. The van der Waals surface area contributed by atoms with E-state index >= 15 is 0 Å². The number of hydrogen-bond acceptors (Lipinski definition) is 5. The van der Waals surface area contributed by atoms with E-state index in [1.54, 1.807) is 5.01 Å². The van der Waals surface area contributed by atoms with Crippen LogP contribution in [0.25, 0.3) is 21.8 Å². The molecule has 0 radical (unpaired) electrons. The van der Waals surface area contributed by atoms with E-state index in [2.05, 4.69) is 14.8 Å². The summed E-state index contributed by atoms with van der Waals surface area (Å²) in [7, 11) is -3.79. The van der Waals surface area contributed by atoms with Gasteiger partial charge in [0.15, 0.2) is 0 Å². The van der Waals surface area contributed by atoms with Gasteiger partial charge < -0.3 is 15.1 Å². The number of aromatic nitrogens is 2. The minimum Gasteiger partial charge on any atom is -0.481 e. The Labute approximate surface area is 160 Å². The van der Waals surface area contributed by atoms with Crippen molar-refractivity contribution >= 4 is 37.8 Å². The van der Waals surface area contributed by atoms with Crippen LogP contribution in [0.4, 0.5) is 0 Å². The van der Waals surface area contributed by atoms with Crippen LogP contribution >= 0.6 is 0 Å². The first-order valence-corrected chi connectivity index (χ1v) is 10.5. The number of aliphatic carboxylic acids is 1. The van der Waals surface area contributed by atoms with Gasteiger partial charge >= 0.3 is 5.97 Å². The number of aromatic amines is 2. The van der Waals surface area contributed by atoms with Crippen molar-refractivity contribution in [1.29, 1.82) is 0 Å². The van der Waals surface area contributed by atoms with E-state index in [1.807, 2.05) is 0 Å². The molecule has 1 fully saturated rings. The number of carbonyl (C=O) groups is 1. The molecule has 3 heterocycles. The second-order valence-corrected chi connectivity index (χ2v) is 8.60. The van der Waals surface area contributed by atoms with Crippen LogP contribution in [-0.4, -0.2) is 47.6 Å². The number of fused-ring (bicyclic) bond motifs is 3. The highest BCUT2D eigenvalue weighted by Gasteiger charge is 2.22. The zero-order valence-electron chi connectivity index (χ0n) is 15.0. The summed E-state index contributed by atoms with van der Waals surface area (Å²) in [5.74, 6) is -1.04. The Morgan fingerprint density at radius 3 is 2.68 bits per heavy atom. The molecule has 3 aromatic rings. The van der Waals surface area contributed by atoms with Crippen LogP contribution in [0.5, 0.6) is 0 Å². The van der Waals surface area contributed by atoms with Crippen LogP contribution in [0.2, 0.25) is 0 Å².